The summed E-state index contributed by atoms with van der Waals surface area (Å²) in [5, 5.41) is 13.5. The number of imidazole rings is 1. The smallest absolute Gasteiger partial charge is 0.334 e. The highest BCUT2D eigenvalue weighted by Crippen LogP contribution is 2.24. The molecule has 8 nitrogen and oxygen atoms in total. The van der Waals surface area contributed by atoms with E-state index in [4.69, 9.17) is 0 Å². The van der Waals surface area contributed by atoms with E-state index >= 15 is 0 Å². The molecule has 0 atom stereocenters. The molecule has 0 unspecified atom stereocenters. The van der Waals surface area contributed by atoms with Crippen LogP contribution in [0.3, 0.4) is 0 Å². The van der Waals surface area contributed by atoms with Gasteiger partial charge in [0.2, 0.25) is 0 Å². The van der Waals surface area contributed by atoms with Crippen LogP contribution in [0.25, 0.3) is 33.5 Å². The summed E-state index contributed by atoms with van der Waals surface area (Å²) < 4.78 is 4.50. The number of hydrogen-bond acceptors (Lipinski definition) is 4. The van der Waals surface area contributed by atoms with Gasteiger partial charge < -0.3 is 5.11 Å². The van der Waals surface area contributed by atoms with E-state index < -0.39 is 18.2 Å². The quantitative estimate of drug-likeness (QED) is 0.513. The number of nitrogens with zero attached hydrogens (tertiary/aromatic N) is 5. The lowest BCUT2D eigenvalue weighted by Gasteiger charge is -2.04. The van der Waals surface area contributed by atoms with Crippen molar-refractivity contribution in [1.29, 1.82) is 0 Å². The van der Waals surface area contributed by atoms with Gasteiger partial charge in [0.1, 0.15) is 6.54 Å². The van der Waals surface area contributed by atoms with Gasteiger partial charge in [-0.3, -0.25) is 18.9 Å². The lowest BCUT2D eigenvalue weighted by atomic mass is 10.2. The predicted octanol–water partition coefficient (Wildman–Crippen LogP) is 2.59. The minimum atomic E-state index is -1.07. The van der Waals surface area contributed by atoms with Crippen LogP contribution in [0.1, 0.15) is 0 Å². The fourth-order valence-corrected chi connectivity index (χ4v) is 3.56. The summed E-state index contributed by atoms with van der Waals surface area (Å²) in [6, 6.07) is 16.5. The summed E-state index contributed by atoms with van der Waals surface area (Å²) >= 11 is 0. The topological polar surface area (TPSA) is 94.4 Å². The maximum Gasteiger partial charge on any atom is 0.334 e. The Balaban J connectivity index is 1.64. The first-order valence-electron chi connectivity index (χ1n) is 8.95. The van der Waals surface area contributed by atoms with Crippen molar-refractivity contribution >= 4 is 22.5 Å². The number of carboxylic acid groups (broad SMARTS) is 1. The van der Waals surface area contributed by atoms with E-state index in [0.717, 1.165) is 16.8 Å². The molecule has 0 spiro atoms. The van der Waals surface area contributed by atoms with Gasteiger partial charge in [-0.1, -0.05) is 18.2 Å². The molecule has 0 aliphatic rings. The number of carboxylic acids is 1. The third kappa shape index (κ3) is 2.69. The lowest BCUT2D eigenvalue weighted by molar-refractivity contribution is -0.137. The highest BCUT2D eigenvalue weighted by atomic mass is 16.4. The molecule has 0 amide bonds. The van der Waals surface area contributed by atoms with Crippen LogP contribution in [0.15, 0.2) is 78.0 Å². The number of rotatable bonds is 4. The third-order valence-electron chi connectivity index (χ3n) is 4.84. The van der Waals surface area contributed by atoms with Crippen molar-refractivity contribution in [2.24, 2.45) is 0 Å². The average molecular weight is 385 g/mol. The minimum Gasteiger partial charge on any atom is -0.480 e. The Hall–Kier alpha value is -4.20. The predicted molar refractivity (Wildman–Crippen MR) is 107 cm³/mol. The second kappa shape index (κ2) is 6.45. The third-order valence-corrected chi connectivity index (χ3v) is 4.84. The first-order chi connectivity index (χ1) is 14.1. The molecule has 0 saturated carbocycles. The number of fused-ring (bicyclic) bond motifs is 2. The molecule has 0 radical (unpaired) electrons. The van der Waals surface area contributed by atoms with Gasteiger partial charge in [-0.05, 0) is 36.4 Å². The van der Waals surface area contributed by atoms with Crippen molar-refractivity contribution < 1.29 is 9.90 Å². The number of pyridine rings is 2. The maximum atomic E-state index is 12.9. The summed E-state index contributed by atoms with van der Waals surface area (Å²) in [6.07, 6.45) is 5.23. The molecular formula is C21H15N5O3. The van der Waals surface area contributed by atoms with Gasteiger partial charge in [-0.25, -0.2) is 9.31 Å². The summed E-state index contributed by atoms with van der Waals surface area (Å²) in [5.74, 6) is -1.07. The van der Waals surface area contributed by atoms with E-state index in [1.54, 1.807) is 41.2 Å². The molecule has 8 heteroatoms. The van der Waals surface area contributed by atoms with Crippen molar-refractivity contribution in [2.45, 2.75) is 6.54 Å². The molecule has 4 aromatic heterocycles. The van der Waals surface area contributed by atoms with Gasteiger partial charge in [0.05, 0.1) is 40.3 Å². The highest BCUT2D eigenvalue weighted by Gasteiger charge is 2.16. The maximum absolute atomic E-state index is 12.9. The molecular weight excluding hydrogens is 370 g/mol. The molecule has 1 aromatic carbocycles. The molecule has 0 fully saturated rings. The van der Waals surface area contributed by atoms with Crippen molar-refractivity contribution in [3.8, 4) is 16.9 Å². The van der Waals surface area contributed by atoms with Crippen molar-refractivity contribution in [3.05, 3.63) is 83.7 Å². The minimum absolute atomic E-state index is 0.403. The second-order valence-electron chi connectivity index (χ2n) is 6.58. The first-order valence-corrected chi connectivity index (χ1v) is 8.95. The molecule has 5 rings (SSSR count). The average Bonchev–Trinajstić information content (AvgIpc) is 3.28. The van der Waals surface area contributed by atoms with Crippen LogP contribution in [0.2, 0.25) is 0 Å². The van der Waals surface area contributed by atoms with Crippen molar-refractivity contribution in [3.63, 3.8) is 0 Å². The van der Waals surface area contributed by atoms with Crippen LogP contribution in [-0.4, -0.2) is 34.8 Å². The Kier molecular flexibility index (Phi) is 3.77. The van der Waals surface area contributed by atoms with Gasteiger partial charge in [0, 0.05) is 11.8 Å². The number of carbonyl (C=O) groups is 1. The lowest BCUT2D eigenvalue weighted by Crippen LogP contribution is -2.26. The van der Waals surface area contributed by atoms with Gasteiger partial charge >= 0.3 is 11.7 Å². The molecule has 142 valence electrons. The Morgan fingerprint density at radius 3 is 2.45 bits per heavy atom. The molecule has 0 bridgehead atoms. The van der Waals surface area contributed by atoms with E-state index in [0.29, 0.717) is 16.7 Å². The number of aliphatic carboxylic acids is 1. The van der Waals surface area contributed by atoms with E-state index in [2.05, 4.69) is 10.1 Å². The zero-order valence-corrected chi connectivity index (χ0v) is 15.1. The molecule has 0 aliphatic carbocycles. The molecule has 0 aliphatic heterocycles. The van der Waals surface area contributed by atoms with Gasteiger partial charge in [-0.15, -0.1) is 0 Å². The number of benzene rings is 1. The molecule has 1 N–H and O–H groups in total. The Labute approximate surface area is 163 Å². The van der Waals surface area contributed by atoms with Gasteiger partial charge in [0.25, 0.3) is 0 Å². The van der Waals surface area contributed by atoms with Crippen LogP contribution < -0.4 is 5.69 Å². The normalized spacial score (nSPS) is 11.3. The summed E-state index contributed by atoms with van der Waals surface area (Å²) in [4.78, 5) is 28.7. The van der Waals surface area contributed by atoms with Crippen LogP contribution in [-0.2, 0) is 11.3 Å². The molecule has 29 heavy (non-hydrogen) atoms. The SMILES string of the molecule is O=C(O)Cn1c(=O)n(-c2ccc(-c3cnn4ccccc34)nc2)c2ccccc21. The molecule has 5 aromatic rings. The highest BCUT2D eigenvalue weighted by molar-refractivity contribution is 5.81. The van der Waals surface area contributed by atoms with Crippen LogP contribution in [0.5, 0.6) is 0 Å². The fraction of sp³-hybridized carbons (Fsp3) is 0.0476. The zero-order chi connectivity index (χ0) is 20.0. The van der Waals surface area contributed by atoms with Crippen LogP contribution >= 0.6 is 0 Å². The number of para-hydroxylation sites is 2. The molecule has 4 heterocycles. The van der Waals surface area contributed by atoms with Gasteiger partial charge in [-0.2, -0.15) is 5.10 Å². The number of hydrogen-bond donors (Lipinski definition) is 1. The first kappa shape index (κ1) is 16.9. The Morgan fingerprint density at radius 1 is 0.931 bits per heavy atom. The summed E-state index contributed by atoms with van der Waals surface area (Å²) in [5.41, 5.74) is 3.89. The van der Waals surface area contributed by atoms with Crippen molar-refractivity contribution in [2.75, 3.05) is 0 Å². The fourth-order valence-electron chi connectivity index (χ4n) is 3.56. The van der Waals surface area contributed by atoms with E-state index in [-0.39, 0.29) is 0 Å². The van der Waals surface area contributed by atoms with Gasteiger partial charge in [0.15, 0.2) is 0 Å². The Bertz CT molecular complexity index is 1430. The summed E-state index contributed by atoms with van der Waals surface area (Å²) in [6.45, 7) is -0.403. The zero-order valence-electron chi connectivity index (χ0n) is 15.1. The van der Waals surface area contributed by atoms with E-state index in [1.807, 2.05) is 36.5 Å². The molecule has 0 saturated heterocycles. The van der Waals surface area contributed by atoms with Crippen LogP contribution in [0, 0.1) is 0 Å². The second-order valence-corrected chi connectivity index (χ2v) is 6.58. The summed E-state index contributed by atoms with van der Waals surface area (Å²) in [7, 11) is 0. The van der Waals surface area contributed by atoms with Crippen molar-refractivity contribution in [1.82, 2.24) is 23.7 Å². The van der Waals surface area contributed by atoms with E-state index in [9.17, 15) is 14.7 Å². The van der Waals surface area contributed by atoms with Crippen LogP contribution in [0.4, 0.5) is 0 Å². The standard InChI is InChI=1S/C21H15N5O3/c27-20(28)13-24-18-6-1-2-7-19(18)26(21(24)29)14-8-9-16(22-11-14)15-12-23-25-10-4-3-5-17(15)25/h1-12H,13H2,(H,27,28). The number of aromatic nitrogens is 5. The monoisotopic (exact) mass is 385 g/mol. The Morgan fingerprint density at radius 2 is 1.69 bits per heavy atom. The van der Waals surface area contributed by atoms with E-state index in [1.165, 1.54) is 9.13 Å². The largest absolute Gasteiger partial charge is 0.480 e.